The molecule has 84 valence electrons. The fraction of sp³-hybridized carbons (Fsp3) is 0.583. The monoisotopic (exact) mass is 226 g/mol. The van der Waals surface area contributed by atoms with Gasteiger partial charge in [-0.2, -0.15) is 0 Å². The Bertz CT molecular complexity index is 301. The Morgan fingerprint density at radius 1 is 1.40 bits per heavy atom. The van der Waals surface area contributed by atoms with Gasteiger partial charge >= 0.3 is 0 Å². The third kappa shape index (κ3) is 3.80. The highest BCUT2D eigenvalue weighted by Gasteiger charge is 2.13. The largest absolute Gasteiger partial charge is 0.319 e. The number of nitrogens with zero attached hydrogens (tertiary/aromatic N) is 1. The topological polar surface area (TPSA) is 24.9 Å². The van der Waals surface area contributed by atoms with Crippen LogP contribution in [-0.4, -0.2) is 18.6 Å². The molecule has 2 atom stereocenters. The van der Waals surface area contributed by atoms with Gasteiger partial charge in [0.25, 0.3) is 0 Å². The Hall–Kier alpha value is -0.600. The maximum atomic E-state index is 6.07. The Balaban J connectivity index is 2.58. The Kier molecular flexibility index (Phi) is 5.06. The van der Waals surface area contributed by atoms with E-state index in [-0.39, 0.29) is 0 Å². The molecule has 3 heteroatoms. The van der Waals surface area contributed by atoms with Crippen molar-refractivity contribution in [1.82, 2.24) is 10.3 Å². The lowest BCUT2D eigenvalue weighted by Crippen LogP contribution is -2.23. The normalized spacial score (nSPS) is 14.9. The molecule has 0 amide bonds. The van der Waals surface area contributed by atoms with Crippen molar-refractivity contribution in [1.29, 1.82) is 0 Å². The zero-order valence-corrected chi connectivity index (χ0v) is 10.4. The van der Waals surface area contributed by atoms with Crippen molar-refractivity contribution < 1.29 is 0 Å². The summed E-state index contributed by atoms with van der Waals surface area (Å²) < 4.78 is 0. The van der Waals surface area contributed by atoms with Crippen molar-refractivity contribution in [3.8, 4) is 0 Å². The zero-order chi connectivity index (χ0) is 11.3. The number of hydrogen-bond acceptors (Lipinski definition) is 2. The molecular formula is C12H19ClN2. The summed E-state index contributed by atoms with van der Waals surface area (Å²) in [6, 6.07) is 2.00. The molecule has 0 aliphatic heterocycles. The van der Waals surface area contributed by atoms with Crippen molar-refractivity contribution in [3.63, 3.8) is 0 Å². The van der Waals surface area contributed by atoms with E-state index in [2.05, 4.69) is 24.1 Å². The van der Waals surface area contributed by atoms with Crippen LogP contribution in [0.15, 0.2) is 18.5 Å². The van der Waals surface area contributed by atoms with Gasteiger partial charge in [0.05, 0.1) is 5.02 Å². The van der Waals surface area contributed by atoms with Crippen molar-refractivity contribution >= 4 is 11.6 Å². The van der Waals surface area contributed by atoms with Gasteiger partial charge in [-0.05, 0) is 43.5 Å². The molecule has 0 bridgehead atoms. The maximum Gasteiger partial charge on any atom is 0.0621 e. The van der Waals surface area contributed by atoms with Crippen LogP contribution in [0.25, 0.3) is 0 Å². The molecule has 0 saturated carbocycles. The summed E-state index contributed by atoms with van der Waals surface area (Å²) in [6.07, 6.45) is 4.53. The van der Waals surface area contributed by atoms with Crippen molar-refractivity contribution in [2.75, 3.05) is 13.6 Å². The molecule has 0 aromatic carbocycles. The minimum atomic E-state index is 0.623. The van der Waals surface area contributed by atoms with Crippen LogP contribution in [0.2, 0.25) is 5.02 Å². The lowest BCUT2D eigenvalue weighted by molar-refractivity contribution is 0.374. The van der Waals surface area contributed by atoms with Crippen LogP contribution in [0.1, 0.15) is 19.4 Å². The molecule has 1 aromatic heterocycles. The molecule has 2 unspecified atom stereocenters. The Morgan fingerprint density at radius 2 is 2.13 bits per heavy atom. The van der Waals surface area contributed by atoms with Crippen LogP contribution in [0, 0.1) is 11.8 Å². The van der Waals surface area contributed by atoms with Gasteiger partial charge in [0.1, 0.15) is 0 Å². The minimum Gasteiger partial charge on any atom is -0.319 e. The van der Waals surface area contributed by atoms with Gasteiger partial charge < -0.3 is 5.32 Å². The number of rotatable bonds is 5. The van der Waals surface area contributed by atoms with Crippen molar-refractivity contribution in [2.24, 2.45) is 11.8 Å². The van der Waals surface area contributed by atoms with E-state index < -0.39 is 0 Å². The van der Waals surface area contributed by atoms with E-state index in [4.69, 9.17) is 11.6 Å². The van der Waals surface area contributed by atoms with Crippen LogP contribution in [-0.2, 0) is 6.42 Å². The Labute approximate surface area is 97.1 Å². The van der Waals surface area contributed by atoms with Gasteiger partial charge in [-0.1, -0.05) is 25.4 Å². The predicted molar refractivity (Wildman–Crippen MR) is 65.2 cm³/mol. The standard InChI is InChI=1S/C12H19ClN2/c1-9(10(2)7-14-3)6-11-4-5-15-8-12(11)13/h4-5,8-10,14H,6-7H2,1-3H3. The molecule has 0 fully saturated rings. The molecule has 15 heavy (non-hydrogen) atoms. The molecule has 0 aliphatic carbocycles. The third-order valence-corrected chi connectivity index (χ3v) is 3.24. The molecule has 1 rings (SSSR count). The van der Waals surface area contributed by atoms with Gasteiger partial charge in [0.15, 0.2) is 0 Å². The average Bonchev–Trinajstić information content (AvgIpc) is 2.21. The Morgan fingerprint density at radius 3 is 2.73 bits per heavy atom. The molecule has 1 heterocycles. The second kappa shape index (κ2) is 6.09. The zero-order valence-electron chi connectivity index (χ0n) is 9.63. The van der Waals surface area contributed by atoms with Gasteiger partial charge in [-0.3, -0.25) is 4.98 Å². The van der Waals surface area contributed by atoms with E-state index in [0.29, 0.717) is 11.8 Å². The summed E-state index contributed by atoms with van der Waals surface area (Å²) in [5.74, 6) is 1.27. The fourth-order valence-electron chi connectivity index (χ4n) is 1.64. The first-order valence-electron chi connectivity index (χ1n) is 5.38. The number of halogens is 1. The highest BCUT2D eigenvalue weighted by atomic mass is 35.5. The quantitative estimate of drug-likeness (QED) is 0.835. The minimum absolute atomic E-state index is 0.623. The van der Waals surface area contributed by atoms with Gasteiger partial charge in [-0.25, -0.2) is 0 Å². The van der Waals surface area contributed by atoms with E-state index >= 15 is 0 Å². The summed E-state index contributed by atoms with van der Waals surface area (Å²) in [7, 11) is 1.99. The fourth-order valence-corrected chi connectivity index (χ4v) is 1.84. The molecule has 1 N–H and O–H groups in total. The van der Waals surface area contributed by atoms with Crippen LogP contribution in [0.3, 0.4) is 0 Å². The second-order valence-electron chi connectivity index (χ2n) is 4.18. The van der Waals surface area contributed by atoms with E-state index in [9.17, 15) is 0 Å². The van der Waals surface area contributed by atoms with Crippen LogP contribution < -0.4 is 5.32 Å². The second-order valence-corrected chi connectivity index (χ2v) is 4.59. The van der Waals surface area contributed by atoms with E-state index in [1.54, 1.807) is 12.4 Å². The number of pyridine rings is 1. The highest BCUT2D eigenvalue weighted by molar-refractivity contribution is 6.31. The van der Waals surface area contributed by atoms with Gasteiger partial charge in [-0.15, -0.1) is 0 Å². The first-order valence-corrected chi connectivity index (χ1v) is 5.76. The highest BCUT2D eigenvalue weighted by Crippen LogP contribution is 2.21. The van der Waals surface area contributed by atoms with Crippen molar-refractivity contribution in [2.45, 2.75) is 20.3 Å². The average molecular weight is 227 g/mol. The summed E-state index contributed by atoms with van der Waals surface area (Å²) in [5.41, 5.74) is 1.20. The lowest BCUT2D eigenvalue weighted by atomic mass is 9.90. The van der Waals surface area contributed by atoms with Gasteiger partial charge in [0.2, 0.25) is 0 Å². The molecule has 0 saturated heterocycles. The SMILES string of the molecule is CNCC(C)C(C)Cc1ccncc1Cl. The lowest BCUT2D eigenvalue weighted by Gasteiger charge is -2.19. The molecule has 1 aromatic rings. The number of aromatic nitrogens is 1. The smallest absolute Gasteiger partial charge is 0.0621 e. The number of nitrogens with one attached hydrogen (secondary N) is 1. The van der Waals surface area contributed by atoms with Gasteiger partial charge in [0, 0.05) is 12.4 Å². The molecule has 0 spiro atoms. The first-order chi connectivity index (χ1) is 7.15. The van der Waals surface area contributed by atoms with E-state index in [0.717, 1.165) is 18.0 Å². The van der Waals surface area contributed by atoms with E-state index in [1.165, 1.54) is 5.56 Å². The summed E-state index contributed by atoms with van der Waals surface area (Å²) in [5, 5.41) is 3.98. The third-order valence-electron chi connectivity index (χ3n) is 2.90. The first kappa shape index (κ1) is 12.5. The van der Waals surface area contributed by atoms with Crippen LogP contribution in [0.4, 0.5) is 0 Å². The summed E-state index contributed by atoms with van der Waals surface area (Å²) in [4.78, 5) is 3.99. The van der Waals surface area contributed by atoms with Crippen molar-refractivity contribution in [3.05, 3.63) is 29.0 Å². The predicted octanol–water partition coefficient (Wildman–Crippen LogP) is 2.77. The van der Waals surface area contributed by atoms with Crippen LogP contribution >= 0.6 is 11.6 Å². The summed E-state index contributed by atoms with van der Waals surface area (Å²) in [6.45, 7) is 5.57. The summed E-state index contributed by atoms with van der Waals surface area (Å²) >= 11 is 6.07. The molecule has 2 nitrogen and oxygen atoms in total. The number of hydrogen-bond donors (Lipinski definition) is 1. The van der Waals surface area contributed by atoms with E-state index in [1.807, 2.05) is 13.1 Å². The van der Waals surface area contributed by atoms with Crippen LogP contribution in [0.5, 0.6) is 0 Å². The molecule has 0 aliphatic rings. The maximum absolute atomic E-state index is 6.07. The molecule has 0 radical (unpaired) electrons. The molecular weight excluding hydrogens is 208 g/mol.